The molecule has 18 heteroatoms. The SMILES string of the molecule is CC/C=C\C/C=C\C/C=C\C/C=C\C/C=C\CCCCCCCCCCCCCCCCCC(=O)OCC(O)COP(=O)(O)OCC(O)COP(=O)(O)OCC(COC(=O)CCCCCC/C=C\C/C=C\C/C=C\C/C=C\CC)OC(=O)CCCCCCCCCCCCC. The molecule has 0 saturated heterocycles. The molecule has 0 aliphatic heterocycles. The zero-order valence-electron chi connectivity index (χ0n) is 59.6. The van der Waals surface area contributed by atoms with Crippen molar-refractivity contribution in [2.45, 2.75) is 322 Å². The first-order chi connectivity index (χ1) is 46.2. The zero-order valence-corrected chi connectivity index (χ0v) is 61.4. The third kappa shape index (κ3) is 71.3. The fourth-order valence-electron chi connectivity index (χ4n) is 9.88. The first-order valence-corrected chi connectivity index (χ1v) is 40.2. The van der Waals surface area contributed by atoms with Gasteiger partial charge in [-0.05, 0) is 103 Å². The van der Waals surface area contributed by atoms with Crippen molar-refractivity contribution in [2.75, 3.05) is 39.6 Å². The average Bonchev–Trinajstić information content (AvgIpc) is 1.94. The minimum absolute atomic E-state index is 0.101. The van der Waals surface area contributed by atoms with Gasteiger partial charge in [-0.25, -0.2) is 9.13 Å². The van der Waals surface area contributed by atoms with Crippen LogP contribution in [0.4, 0.5) is 0 Å². The van der Waals surface area contributed by atoms with Crippen LogP contribution in [0.3, 0.4) is 0 Å². The summed E-state index contributed by atoms with van der Waals surface area (Å²) in [5.74, 6) is -1.60. The van der Waals surface area contributed by atoms with Gasteiger partial charge in [0.25, 0.3) is 0 Å². The van der Waals surface area contributed by atoms with E-state index in [2.05, 4.69) is 130 Å². The second-order valence-corrected chi connectivity index (χ2v) is 27.6. The van der Waals surface area contributed by atoms with E-state index in [1.807, 2.05) is 0 Å². The van der Waals surface area contributed by atoms with E-state index in [4.69, 9.17) is 32.3 Å². The van der Waals surface area contributed by atoms with Gasteiger partial charge in [-0.2, -0.15) is 0 Å². The molecular formula is C77H134O16P2. The Labute approximate surface area is 577 Å². The smallest absolute Gasteiger partial charge is 0.463 e. The predicted molar refractivity (Wildman–Crippen MR) is 390 cm³/mol. The number of rotatable bonds is 70. The molecule has 0 spiro atoms. The van der Waals surface area contributed by atoms with Crippen LogP contribution in [0.25, 0.3) is 0 Å². The fraction of sp³-hybridized carbons (Fsp3) is 0.727. The van der Waals surface area contributed by atoms with Crippen LogP contribution in [0.2, 0.25) is 0 Å². The monoisotopic (exact) mass is 1380 g/mol. The van der Waals surface area contributed by atoms with Gasteiger partial charge in [-0.3, -0.25) is 32.5 Å². The molecule has 0 aromatic heterocycles. The van der Waals surface area contributed by atoms with Crippen LogP contribution in [-0.2, 0) is 55.8 Å². The van der Waals surface area contributed by atoms with Crippen LogP contribution in [0.15, 0.2) is 109 Å². The average molecular weight is 1380 g/mol. The quantitative estimate of drug-likeness (QED) is 0.0146. The lowest BCUT2D eigenvalue weighted by Crippen LogP contribution is -2.30. The number of carbonyl (C=O) groups is 3. The highest BCUT2D eigenvalue weighted by molar-refractivity contribution is 7.47. The number of phosphoric ester groups is 2. The lowest BCUT2D eigenvalue weighted by molar-refractivity contribution is -0.161. The number of hydrogen-bond acceptors (Lipinski definition) is 14. The van der Waals surface area contributed by atoms with E-state index >= 15 is 0 Å². The minimum atomic E-state index is -4.92. The van der Waals surface area contributed by atoms with Crippen molar-refractivity contribution in [2.24, 2.45) is 0 Å². The van der Waals surface area contributed by atoms with E-state index in [0.717, 1.165) is 128 Å². The summed E-state index contributed by atoms with van der Waals surface area (Å²) in [5, 5.41) is 20.6. The molecule has 0 aromatic rings. The number of esters is 3. The molecule has 4 N–H and O–H groups in total. The van der Waals surface area contributed by atoms with Crippen molar-refractivity contribution in [1.82, 2.24) is 0 Å². The largest absolute Gasteiger partial charge is 0.472 e. The van der Waals surface area contributed by atoms with E-state index in [1.54, 1.807) is 0 Å². The topological polar surface area (TPSA) is 231 Å². The Hall–Kier alpha value is -3.79. The molecule has 0 fully saturated rings. The van der Waals surface area contributed by atoms with Gasteiger partial charge in [0.1, 0.15) is 25.4 Å². The number of hydrogen-bond donors (Lipinski definition) is 4. The fourth-order valence-corrected chi connectivity index (χ4v) is 11.5. The highest BCUT2D eigenvalue weighted by atomic mass is 31.2. The molecular weight excluding hydrogens is 1240 g/mol. The van der Waals surface area contributed by atoms with E-state index in [9.17, 15) is 43.5 Å². The number of phosphoric acid groups is 2. The Kier molecular flexibility index (Phi) is 67.3. The molecule has 548 valence electrons. The van der Waals surface area contributed by atoms with Crippen LogP contribution in [0, 0.1) is 0 Å². The molecule has 0 radical (unpaired) electrons. The van der Waals surface area contributed by atoms with Gasteiger partial charge in [0.15, 0.2) is 6.10 Å². The number of allylic oxidation sites excluding steroid dienone is 18. The Bertz CT molecular complexity index is 2170. The number of aliphatic hydroxyl groups excluding tert-OH is 2. The van der Waals surface area contributed by atoms with Gasteiger partial charge in [-0.1, -0.05) is 291 Å². The van der Waals surface area contributed by atoms with Crippen LogP contribution in [-0.4, -0.2) is 95.9 Å². The molecule has 0 rings (SSSR count). The molecule has 5 atom stereocenters. The van der Waals surface area contributed by atoms with Crippen molar-refractivity contribution in [3.63, 3.8) is 0 Å². The van der Waals surface area contributed by atoms with Gasteiger partial charge in [0.2, 0.25) is 0 Å². The Balaban J connectivity index is 4.39. The molecule has 0 heterocycles. The lowest BCUT2D eigenvalue weighted by Gasteiger charge is -2.21. The second kappa shape index (κ2) is 70.1. The summed E-state index contributed by atoms with van der Waals surface area (Å²) in [4.78, 5) is 58.4. The molecule has 0 aliphatic rings. The summed E-state index contributed by atoms with van der Waals surface area (Å²) in [6, 6.07) is 0. The summed E-state index contributed by atoms with van der Waals surface area (Å²) in [6.07, 6.45) is 80.2. The van der Waals surface area contributed by atoms with Crippen LogP contribution >= 0.6 is 15.6 Å². The molecule has 95 heavy (non-hydrogen) atoms. The Morgan fingerprint density at radius 1 is 0.305 bits per heavy atom. The number of ether oxygens (including phenoxy) is 3. The van der Waals surface area contributed by atoms with Crippen molar-refractivity contribution in [3.05, 3.63) is 109 Å². The van der Waals surface area contributed by atoms with Crippen molar-refractivity contribution >= 4 is 33.6 Å². The van der Waals surface area contributed by atoms with Crippen molar-refractivity contribution in [3.8, 4) is 0 Å². The van der Waals surface area contributed by atoms with Crippen molar-refractivity contribution < 1.29 is 75.8 Å². The standard InChI is InChI=1S/C77H134O16P2/c1-4-7-10-13-16-19-22-24-26-28-29-30-31-32-33-34-35-36-37-38-39-40-41-43-45-46-49-51-54-57-60-63-75(80)87-66-72(78)67-89-94(83,84)90-68-73(79)69-91-95(85,86)92-71-74(93-77(82)65-62-59-56-53-48-21-18-15-12-9-6-3)70-88-76(81)64-61-58-55-52-50-47-44-42-27-25-23-20-17-14-11-8-5-2/h7-8,10-11,16-17,19-20,24-27,29-30,32-33,44,47,72-74,78-79H,4-6,9,12-15,18,21-23,28,31,34-43,45-46,48-71H2,1-3H3,(H,83,84)(H,85,86)/b10-7-,11-8-,19-16-,20-17-,26-24-,27-25-,30-29-,33-32-,47-44-. The number of unbranched alkanes of at least 4 members (excludes halogenated alkanes) is 29. The molecule has 0 aromatic carbocycles. The van der Waals surface area contributed by atoms with Gasteiger partial charge >= 0.3 is 33.6 Å². The first kappa shape index (κ1) is 91.2. The van der Waals surface area contributed by atoms with Gasteiger partial charge in [-0.15, -0.1) is 0 Å². The first-order valence-electron chi connectivity index (χ1n) is 37.2. The zero-order chi connectivity index (χ0) is 69.5. The van der Waals surface area contributed by atoms with Crippen LogP contribution in [0.5, 0.6) is 0 Å². The lowest BCUT2D eigenvalue weighted by atomic mass is 10.0. The van der Waals surface area contributed by atoms with E-state index in [1.165, 1.54) is 116 Å². The highest BCUT2D eigenvalue weighted by Crippen LogP contribution is 2.45. The highest BCUT2D eigenvalue weighted by Gasteiger charge is 2.29. The van der Waals surface area contributed by atoms with Gasteiger partial charge < -0.3 is 34.2 Å². The molecule has 0 saturated carbocycles. The molecule has 16 nitrogen and oxygen atoms in total. The summed E-state index contributed by atoms with van der Waals surface area (Å²) in [7, 11) is -9.78. The number of carbonyl (C=O) groups excluding carboxylic acids is 3. The molecule has 0 aliphatic carbocycles. The summed E-state index contributed by atoms with van der Waals surface area (Å²) in [5.41, 5.74) is 0. The van der Waals surface area contributed by atoms with Gasteiger partial charge in [0.05, 0.1) is 26.4 Å². The predicted octanol–water partition coefficient (Wildman–Crippen LogP) is 21.2. The van der Waals surface area contributed by atoms with E-state index in [-0.39, 0.29) is 19.3 Å². The van der Waals surface area contributed by atoms with Crippen LogP contribution < -0.4 is 0 Å². The Morgan fingerprint density at radius 3 is 0.884 bits per heavy atom. The maximum Gasteiger partial charge on any atom is 0.472 e. The molecule has 0 bridgehead atoms. The maximum atomic E-state index is 12.9. The number of aliphatic hydroxyl groups is 2. The van der Waals surface area contributed by atoms with E-state index < -0.39 is 91.5 Å². The van der Waals surface area contributed by atoms with Crippen LogP contribution in [0.1, 0.15) is 303 Å². The third-order valence-corrected chi connectivity index (χ3v) is 17.4. The van der Waals surface area contributed by atoms with E-state index in [0.29, 0.717) is 19.3 Å². The molecule has 5 unspecified atom stereocenters. The maximum absolute atomic E-state index is 12.9. The summed E-state index contributed by atoms with van der Waals surface area (Å²) in [6.45, 7) is 2.42. The van der Waals surface area contributed by atoms with Crippen molar-refractivity contribution in [1.29, 1.82) is 0 Å². The van der Waals surface area contributed by atoms with Gasteiger partial charge in [0, 0.05) is 19.3 Å². The molecule has 0 amide bonds. The summed E-state index contributed by atoms with van der Waals surface area (Å²) < 4.78 is 60.9. The Morgan fingerprint density at radius 2 is 0.558 bits per heavy atom. The second-order valence-electron chi connectivity index (χ2n) is 24.7. The normalized spacial score (nSPS) is 14.7. The summed E-state index contributed by atoms with van der Waals surface area (Å²) >= 11 is 0. The minimum Gasteiger partial charge on any atom is -0.463 e. The third-order valence-electron chi connectivity index (χ3n) is 15.5.